The van der Waals surface area contributed by atoms with Crippen LogP contribution in [-0.4, -0.2) is 36.7 Å². The second-order valence-corrected chi connectivity index (χ2v) is 3.30. The lowest BCUT2D eigenvalue weighted by molar-refractivity contribution is -0.170. The molecule has 0 N–H and O–H groups in total. The Labute approximate surface area is 99.5 Å². The molecule has 0 bridgehead atoms. The van der Waals surface area contributed by atoms with E-state index in [-0.39, 0.29) is 6.61 Å². The normalized spacial score (nSPS) is 13.1. The van der Waals surface area contributed by atoms with Crippen LogP contribution < -0.4 is 0 Å². The van der Waals surface area contributed by atoms with E-state index in [4.69, 9.17) is 14.2 Å². The van der Waals surface area contributed by atoms with Crippen LogP contribution in [0.5, 0.6) is 0 Å². The lowest BCUT2D eigenvalue weighted by Gasteiger charge is -2.22. The third kappa shape index (κ3) is 7.10. The molecule has 0 aromatic rings. The van der Waals surface area contributed by atoms with E-state index < -0.39 is 30.1 Å². The Hall–Kier alpha value is -1.85. The van der Waals surface area contributed by atoms with Gasteiger partial charge in [0.15, 0.2) is 6.10 Å². The molecule has 0 amide bonds. The summed E-state index contributed by atoms with van der Waals surface area (Å²) in [6, 6.07) is 0. The zero-order valence-corrected chi connectivity index (χ0v) is 10.1. The summed E-state index contributed by atoms with van der Waals surface area (Å²) in [5, 5.41) is 0. The lowest BCUT2D eigenvalue weighted by atomic mass is 10.2. The van der Waals surface area contributed by atoms with Gasteiger partial charge in [-0.1, -0.05) is 6.58 Å². The van der Waals surface area contributed by atoms with Gasteiger partial charge < -0.3 is 14.2 Å². The first-order valence-corrected chi connectivity index (χ1v) is 5.00. The van der Waals surface area contributed by atoms with Crippen LogP contribution in [0.2, 0.25) is 0 Å². The second-order valence-electron chi connectivity index (χ2n) is 3.30. The number of carbonyl (C=O) groups is 3. The zero-order chi connectivity index (χ0) is 13.4. The summed E-state index contributed by atoms with van der Waals surface area (Å²) in [7, 11) is 0. The smallest absolute Gasteiger partial charge is 0.330 e. The Morgan fingerprint density at radius 3 is 2.12 bits per heavy atom. The van der Waals surface area contributed by atoms with Crippen LogP contribution in [0.3, 0.4) is 0 Å². The van der Waals surface area contributed by atoms with E-state index in [0.717, 1.165) is 6.08 Å². The maximum Gasteiger partial charge on any atom is 0.330 e. The molecule has 0 saturated heterocycles. The SMILES string of the molecule is C=CC(=O)OCC(OC(C)=O)C(C)OC(C)=O. The monoisotopic (exact) mass is 244 g/mol. The van der Waals surface area contributed by atoms with Crippen molar-refractivity contribution in [1.29, 1.82) is 0 Å². The Morgan fingerprint density at radius 2 is 1.71 bits per heavy atom. The average Bonchev–Trinajstić information content (AvgIpc) is 2.21. The third-order valence-electron chi connectivity index (χ3n) is 1.75. The molecule has 6 nitrogen and oxygen atoms in total. The predicted octanol–water partition coefficient (Wildman–Crippen LogP) is 0.599. The van der Waals surface area contributed by atoms with Gasteiger partial charge in [0.2, 0.25) is 0 Å². The van der Waals surface area contributed by atoms with Gasteiger partial charge in [-0.15, -0.1) is 0 Å². The standard InChI is InChI=1S/C11H16O6/c1-5-11(14)15-6-10(17-9(4)13)7(2)16-8(3)12/h5,7,10H,1,6H2,2-4H3. The number of hydrogen-bond acceptors (Lipinski definition) is 6. The van der Waals surface area contributed by atoms with Crippen LogP contribution in [0.4, 0.5) is 0 Å². The molecule has 96 valence electrons. The Morgan fingerprint density at radius 1 is 1.18 bits per heavy atom. The molecule has 0 aliphatic heterocycles. The molecule has 0 aliphatic carbocycles. The van der Waals surface area contributed by atoms with E-state index in [0.29, 0.717) is 0 Å². The molecule has 0 fully saturated rings. The molecule has 0 radical (unpaired) electrons. The van der Waals surface area contributed by atoms with Crippen molar-refractivity contribution in [1.82, 2.24) is 0 Å². The van der Waals surface area contributed by atoms with Crippen LogP contribution >= 0.6 is 0 Å². The van der Waals surface area contributed by atoms with Gasteiger partial charge in [-0.3, -0.25) is 9.59 Å². The minimum Gasteiger partial charge on any atom is -0.459 e. The summed E-state index contributed by atoms with van der Waals surface area (Å²) < 4.78 is 14.5. The molecule has 2 atom stereocenters. The number of carbonyl (C=O) groups excluding carboxylic acids is 3. The van der Waals surface area contributed by atoms with E-state index in [2.05, 4.69) is 6.58 Å². The van der Waals surface area contributed by atoms with Gasteiger partial charge in [0.1, 0.15) is 12.7 Å². The number of esters is 3. The minimum atomic E-state index is -0.833. The van der Waals surface area contributed by atoms with Gasteiger partial charge in [-0.25, -0.2) is 4.79 Å². The van der Waals surface area contributed by atoms with E-state index in [1.165, 1.54) is 20.8 Å². The highest BCUT2D eigenvalue weighted by Crippen LogP contribution is 2.06. The quantitative estimate of drug-likeness (QED) is 0.386. The molecule has 0 spiro atoms. The molecule has 2 unspecified atom stereocenters. The van der Waals surface area contributed by atoms with Crippen LogP contribution in [0.1, 0.15) is 20.8 Å². The summed E-state index contributed by atoms with van der Waals surface area (Å²) in [5.41, 5.74) is 0. The number of hydrogen-bond donors (Lipinski definition) is 0. The first-order valence-electron chi connectivity index (χ1n) is 5.00. The molecule has 0 aromatic carbocycles. The highest BCUT2D eigenvalue weighted by atomic mass is 16.6. The molecule has 0 rings (SSSR count). The fraction of sp³-hybridized carbons (Fsp3) is 0.545. The van der Waals surface area contributed by atoms with Crippen LogP contribution in [0.25, 0.3) is 0 Å². The highest BCUT2D eigenvalue weighted by Gasteiger charge is 2.24. The van der Waals surface area contributed by atoms with E-state index in [1.807, 2.05) is 0 Å². The number of ether oxygens (including phenoxy) is 3. The van der Waals surface area contributed by atoms with Gasteiger partial charge in [-0.2, -0.15) is 0 Å². The van der Waals surface area contributed by atoms with Crippen molar-refractivity contribution in [3.05, 3.63) is 12.7 Å². The third-order valence-corrected chi connectivity index (χ3v) is 1.75. The first-order chi connectivity index (χ1) is 7.86. The van der Waals surface area contributed by atoms with Crippen molar-refractivity contribution < 1.29 is 28.6 Å². The minimum absolute atomic E-state index is 0.196. The van der Waals surface area contributed by atoms with Gasteiger partial charge in [-0.05, 0) is 6.92 Å². The summed E-state index contributed by atoms with van der Waals surface area (Å²) in [4.78, 5) is 32.4. The van der Waals surface area contributed by atoms with E-state index in [1.54, 1.807) is 0 Å². The van der Waals surface area contributed by atoms with Gasteiger partial charge in [0, 0.05) is 19.9 Å². The highest BCUT2D eigenvalue weighted by molar-refractivity contribution is 5.81. The predicted molar refractivity (Wildman–Crippen MR) is 57.9 cm³/mol. The Bertz CT molecular complexity index is 309. The average molecular weight is 244 g/mol. The summed E-state index contributed by atoms with van der Waals surface area (Å²) >= 11 is 0. The second kappa shape index (κ2) is 7.43. The fourth-order valence-corrected chi connectivity index (χ4v) is 1.04. The molecule has 6 heteroatoms. The molecule has 0 aromatic heterocycles. The molecule has 0 aliphatic rings. The fourth-order valence-electron chi connectivity index (χ4n) is 1.04. The maximum absolute atomic E-state index is 10.9. The topological polar surface area (TPSA) is 78.9 Å². The van der Waals surface area contributed by atoms with Gasteiger partial charge in [0.25, 0.3) is 0 Å². The molecule has 0 heterocycles. The molecule has 17 heavy (non-hydrogen) atoms. The van der Waals surface area contributed by atoms with Crippen molar-refractivity contribution in [3.8, 4) is 0 Å². The van der Waals surface area contributed by atoms with Crippen molar-refractivity contribution in [2.24, 2.45) is 0 Å². The van der Waals surface area contributed by atoms with Gasteiger partial charge >= 0.3 is 17.9 Å². The van der Waals surface area contributed by atoms with Crippen LogP contribution in [0, 0.1) is 0 Å². The van der Waals surface area contributed by atoms with E-state index in [9.17, 15) is 14.4 Å². The van der Waals surface area contributed by atoms with Crippen molar-refractivity contribution in [2.45, 2.75) is 33.0 Å². The summed E-state index contributed by atoms with van der Waals surface area (Å²) in [5.74, 6) is -1.70. The van der Waals surface area contributed by atoms with Crippen LogP contribution in [0.15, 0.2) is 12.7 Å². The maximum atomic E-state index is 10.9. The summed E-state index contributed by atoms with van der Waals surface area (Å²) in [6.45, 7) is 7.01. The number of rotatable bonds is 6. The molecule has 0 saturated carbocycles. The Kier molecular flexibility index (Phi) is 6.62. The van der Waals surface area contributed by atoms with Crippen molar-refractivity contribution in [2.75, 3.05) is 6.61 Å². The molecular weight excluding hydrogens is 228 g/mol. The largest absolute Gasteiger partial charge is 0.459 e. The Balaban J connectivity index is 4.40. The van der Waals surface area contributed by atoms with Crippen molar-refractivity contribution >= 4 is 17.9 Å². The van der Waals surface area contributed by atoms with Crippen molar-refractivity contribution in [3.63, 3.8) is 0 Å². The zero-order valence-electron chi connectivity index (χ0n) is 10.1. The molecular formula is C11H16O6. The summed E-state index contributed by atoms with van der Waals surface area (Å²) in [6.07, 6.45) is -0.546. The van der Waals surface area contributed by atoms with E-state index >= 15 is 0 Å². The van der Waals surface area contributed by atoms with Crippen LogP contribution in [-0.2, 0) is 28.6 Å². The van der Waals surface area contributed by atoms with Gasteiger partial charge in [0.05, 0.1) is 0 Å². The first kappa shape index (κ1) is 15.2. The lowest BCUT2D eigenvalue weighted by Crippen LogP contribution is -2.36.